The fourth-order valence-corrected chi connectivity index (χ4v) is 6.09. The smallest absolute Gasteiger partial charge is 0.151 e. The molecule has 200 valence electrons. The second kappa shape index (κ2) is 10.8. The van der Waals surface area contributed by atoms with Crippen molar-refractivity contribution in [2.75, 3.05) is 32.1 Å². The van der Waals surface area contributed by atoms with Crippen molar-refractivity contribution in [3.63, 3.8) is 0 Å². The minimum atomic E-state index is 0.293. The fourth-order valence-electron chi connectivity index (χ4n) is 5.65. The zero-order chi connectivity index (χ0) is 27.0. The average Bonchev–Trinajstić information content (AvgIpc) is 3.57. The zero-order valence-electron chi connectivity index (χ0n) is 23.2. The van der Waals surface area contributed by atoms with Crippen molar-refractivity contribution < 1.29 is 0 Å². The largest absolute Gasteiger partial charge is 0.356 e. The molecular weight excluding hydrogens is 494 g/mol. The van der Waals surface area contributed by atoms with Crippen LogP contribution in [0.15, 0.2) is 33.8 Å². The van der Waals surface area contributed by atoms with Gasteiger partial charge in [-0.1, -0.05) is 18.3 Å². The van der Waals surface area contributed by atoms with Crippen LogP contribution >= 0.6 is 11.5 Å². The van der Waals surface area contributed by atoms with Crippen molar-refractivity contribution in [2.24, 2.45) is 10.1 Å². The summed E-state index contributed by atoms with van der Waals surface area (Å²) in [6.07, 6.45) is 4.23. The molecule has 5 heterocycles. The number of piperidine rings is 1. The van der Waals surface area contributed by atoms with Gasteiger partial charge in [-0.2, -0.15) is 5.10 Å². The summed E-state index contributed by atoms with van der Waals surface area (Å²) in [5.41, 5.74) is 9.67. The van der Waals surface area contributed by atoms with E-state index in [0.717, 1.165) is 77.3 Å². The summed E-state index contributed by atoms with van der Waals surface area (Å²) in [5, 5.41) is 10.4. The van der Waals surface area contributed by atoms with E-state index in [1.165, 1.54) is 22.7 Å². The predicted molar refractivity (Wildman–Crippen MR) is 156 cm³/mol. The summed E-state index contributed by atoms with van der Waals surface area (Å²) < 4.78 is 5.76. The number of nitrogens with zero attached hydrogens (tertiary/aromatic N) is 8. The topological polar surface area (TPSA) is 90.6 Å². The molecule has 1 aliphatic rings. The summed E-state index contributed by atoms with van der Waals surface area (Å²) in [6, 6.07) is 4.87. The Morgan fingerprint density at radius 3 is 2.61 bits per heavy atom. The quantitative estimate of drug-likeness (QED) is 0.349. The summed E-state index contributed by atoms with van der Waals surface area (Å²) in [6.45, 7) is 15.3. The molecule has 1 N–H and O–H groups in total. The molecule has 4 aromatic heterocycles. The number of hydrogen-bond donors (Lipinski definition) is 1. The molecule has 0 radical (unpaired) electrons. The van der Waals surface area contributed by atoms with Crippen molar-refractivity contribution in [1.29, 1.82) is 0 Å². The van der Waals surface area contributed by atoms with Crippen LogP contribution in [0.2, 0.25) is 0 Å². The Hall–Kier alpha value is -3.37. The lowest BCUT2D eigenvalue weighted by Crippen LogP contribution is -2.43. The van der Waals surface area contributed by atoms with Crippen molar-refractivity contribution >= 4 is 35.1 Å². The van der Waals surface area contributed by atoms with E-state index in [0.29, 0.717) is 12.0 Å². The van der Waals surface area contributed by atoms with Gasteiger partial charge in [0.1, 0.15) is 5.82 Å². The molecule has 1 saturated heterocycles. The number of aromatic nitrogens is 5. The third kappa shape index (κ3) is 4.78. The summed E-state index contributed by atoms with van der Waals surface area (Å²) >= 11 is 1.42. The highest BCUT2D eigenvalue weighted by Gasteiger charge is 2.25. The highest BCUT2D eigenvalue weighted by molar-refractivity contribution is 7.03. The molecule has 0 unspecified atom stereocenters. The Kier molecular flexibility index (Phi) is 7.45. The van der Waals surface area contributed by atoms with E-state index in [1.54, 1.807) is 11.7 Å². The van der Waals surface area contributed by atoms with E-state index >= 15 is 0 Å². The van der Waals surface area contributed by atoms with Gasteiger partial charge in [0.2, 0.25) is 0 Å². The second-order valence-electron chi connectivity index (χ2n) is 10.5. The van der Waals surface area contributed by atoms with E-state index in [9.17, 15) is 0 Å². The van der Waals surface area contributed by atoms with Crippen LogP contribution < -0.4 is 10.4 Å². The highest BCUT2D eigenvalue weighted by atomic mass is 32.1. The maximum atomic E-state index is 5.23. The van der Waals surface area contributed by atoms with Crippen molar-refractivity contribution in [3.05, 3.63) is 51.6 Å². The Balaban J connectivity index is 1.45. The van der Waals surface area contributed by atoms with Crippen molar-refractivity contribution in [3.8, 4) is 11.3 Å². The molecular formula is C28H37N9S. The molecule has 0 spiro atoms. The zero-order valence-corrected chi connectivity index (χ0v) is 24.0. The van der Waals surface area contributed by atoms with Gasteiger partial charge >= 0.3 is 0 Å². The molecule has 1 aliphatic heterocycles. The number of fused-ring (bicyclic) bond motifs is 1. The number of hydrogen-bond acceptors (Lipinski definition) is 8. The summed E-state index contributed by atoms with van der Waals surface area (Å²) in [4.78, 5) is 18.2. The van der Waals surface area contributed by atoms with E-state index in [4.69, 9.17) is 4.98 Å². The van der Waals surface area contributed by atoms with Crippen LogP contribution in [0, 0.1) is 13.8 Å². The van der Waals surface area contributed by atoms with Crippen LogP contribution in [0.25, 0.3) is 22.3 Å². The van der Waals surface area contributed by atoms with Crippen LogP contribution in [0.4, 0.5) is 5.82 Å². The van der Waals surface area contributed by atoms with E-state index in [-0.39, 0.29) is 0 Å². The molecule has 0 saturated carbocycles. The predicted octanol–water partition coefficient (Wildman–Crippen LogP) is 4.72. The third-order valence-electron chi connectivity index (χ3n) is 7.87. The standard InChI is InChI=1S/C28H37N9S/c1-17(2)25-26(22-15-37(30-6)28(29-5)19(4)18(22)3)31-23-8-9-24(32-27(23)25)36-12-10-21(11-13-36)35(7)14-20-16-38-34-33-20/h8-9,15-17,21,31H,6,10-14H2,1-5,7H3/b29-28-. The van der Waals surface area contributed by atoms with Gasteiger partial charge in [0.25, 0.3) is 0 Å². The average molecular weight is 532 g/mol. The minimum absolute atomic E-state index is 0.293. The van der Waals surface area contributed by atoms with Gasteiger partial charge in [0.05, 0.1) is 22.4 Å². The van der Waals surface area contributed by atoms with Gasteiger partial charge in [-0.25, -0.2) is 9.66 Å². The molecule has 10 heteroatoms. The molecule has 38 heavy (non-hydrogen) atoms. The number of H-pyrrole nitrogens is 1. The summed E-state index contributed by atoms with van der Waals surface area (Å²) in [5.74, 6) is 1.34. The first-order chi connectivity index (χ1) is 18.3. The van der Waals surface area contributed by atoms with Gasteiger partial charge < -0.3 is 9.88 Å². The Labute approximate surface area is 228 Å². The SMILES string of the molecule is C=Nn1cc(-c2[nH]c3ccc(N4CCC(N(C)Cc5csnn5)CC4)nc3c2C(C)C)c(C)c(C)/c1=N/C. The van der Waals surface area contributed by atoms with E-state index < -0.39 is 0 Å². The first-order valence-corrected chi connectivity index (χ1v) is 14.0. The van der Waals surface area contributed by atoms with Gasteiger partial charge in [-0.05, 0) is 74.4 Å². The number of aromatic amines is 1. The second-order valence-corrected chi connectivity index (χ2v) is 11.1. The molecule has 0 bridgehead atoms. The van der Waals surface area contributed by atoms with Crippen molar-refractivity contribution in [2.45, 2.75) is 59.0 Å². The molecule has 0 atom stereocenters. The molecule has 5 rings (SSSR count). The lowest BCUT2D eigenvalue weighted by atomic mass is 9.95. The van der Waals surface area contributed by atoms with E-state index in [1.807, 2.05) is 11.6 Å². The van der Waals surface area contributed by atoms with Crippen LogP contribution in [0.1, 0.15) is 55.0 Å². The number of rotatable bonds is 7. The Morgan fingerprint density at radius 2 is 1.97 bits per heavy atom. The van der Waals surface area contributed by atoms with Gasteiger partial charge in [0.15, 0.2) is 5.49 Å². The number of nitrogens with one attached hydrogen (secondary N) is 1. The van der Waals surface area contributed by atoms with Gasteiger partial charge in [0, 0.05) is 62.1 Å². The summed E-state index contributed by atoms with van der Waals surface area (Å²) in [7, 11) is 3.98. The first-order valence-electron chi connectivity index (χ1n) is 13.2. The lowest BCUT2D eigenvalue weighted by molar-refractivity contribution is 0.198. The van der Waals surface area contributed by atoms with Crippen molar-refractivity contribution in [1.82, 2.24) is 29.1 Å². The van der Waals surface area contributed by atoms with Crippen LogP contribution in [0.3, 0.4) is 0 Å². The lowest BCUT2D eigenvalue weighted by Gasteiger charge is -2.37. The van der Waals surface area contributed by atoms with Crippen LogP contribution in [-0.4, -0.2) is 69.1 Å². The van der Waals surface area contributed by atoms with Crippen LogP contribution in [0.5, 0.6) is 0 Å². The molecule has 4 aromatic rings. The number of pyridine rings is 2. The monoisotopic (exact) mass is 531 g/mol. The van der Waals surface area contributed by atoms with Gasteiger partial charge in [-0.15, -0.1) is 5.10 Å². The molecule has 0 amide bonds. The maximum Gasteiger partial charge on any atom is 0.151 e. The first kappa shape index (κ1) is 26.2. The molecule has 0 aromatic carbocycles. The molecule has 9 nitrogen and oxygen atoms in total. The third-order valence-corrected chi connectivity index (χ3v) is 8.43. The van der Waals surface area contributed by atoms with Gasteiger partial charge in [-0.3, -0.25) is 9.89 Å². The Morgan fingerprint density at radius 1 is 1.21 bits per heavy atom. The highest BCUT2D eigenvalue weighted by Crippen LogP contribution is 2.37. The number of anilines is 1. The minimum Gasteiger partial charge on any atom is -0.356 e. The molecule has 0 aliphatic carbocycles. The fraction of sp³-hybridized carbons (Fsp3) is 0.464. The normalized spacial score (nSPS) is 15.4. The van der Waals surface area contributed by atoms with E-state index in [2.05, 4.69) is 88.1 Å². The molecule has 1 fully saturated rings. The van der Waals surface area contributed by atoms with Crippen LogP contribution in [-0.2, 0) is 6.54 Å². The maximum absolute atomic E-state index is 5.23. The Bertz CT molecular complexity index is 1510.